The smallest absolute Gasteiger partial charge is 0.0465 e. The van der Waals surface area contributed by atoms with Crippen LogP contribution in [0.4, 0.5) is 0 Å². The Morgan fingerprint density at radius 1 is 1.55 bits per heavy atom. The van der Waals surface area contributed by atoms with E-state index >= 15 is 0 Å². The Kier molecular flexibility index (Phi) is 2.95. The predicted octanol–water partition coefficient (Wildman–Crippen LogP) is 1.36. The highest BCUT2D eigenvalue weighted by atomic mass is 16.3. The van der Waals surface area contributed by atoms with E-state index in [2.05, 4.69) is 24.5 Å². The number of rotatable bonds is 2. The van der Waals surface area contributed by atoms with Crippen molar-refractivity contribution in [1.82, 2.24) is 0 Å². The van der Waals surface area contributed by atoms with Gasteiger partial charge in [-0.1, -0.05) is 24.5 Å². The summed E-state index contributed by atoms with van der Waals surface area (Å²) in [4.78, 5) is 0. The average Bonchev–Trinajstić information content (AvgIpc) is 2.77. The van der Waals surface area contributed by atoms with Crippen molar-refractivity contribution in [1.29, 1.82) is 0 Å². The van der Waals surface area contributed by atoms with Gasteiger partial charge in [0.15, 0.2) is 0 Å². The van der Waals surface area contributed by atoms with Crippen LogP contribution in [0.3, 0.4) is 0 Å². The maximum Gasteiger partial charge on any atom is 0.0465 e. The van der Waals surface area contributed by atoms with Crippen molar-refractivity contribution < 1.29 is 5.11 Å². The number of allylic oxidation sites excluding steroid dienone is 3. The highest BCUT2D eigenvalue weighted by Gasteiger charge is 2.33. The van der Waals surface area contributed by atoms with Gasteiger partial charge in [-0.3, -0.25) is 0 Å². The Hall–Kier alpha value is -1.00. The molecule has 0 aromatic carbocycles. The monoisotopic (exact) mass is 148 g/mol. The fraction of sp³-hybridized carbons (Fsp3) is 0.400. The van der Waals surface area contributed by atoms with Crippen LogP contribution in [0.15, 0.2) is 24.8 Å². The van der Waals surface area contributed by atoms with Crippen molar-refractivity contribution in [3.8, 4) is 11.8 Å². The highest BCUT2D eigenvalue weighted by molar-refractivity contribution is 5.23. The summed E-state index contributed by atoms with van der Waals surface area (Å²) in [5.74, 6) is 6.62. The van der Waals surface area contributed by atoms with Crippen LogP contribution in [0, 0.1) is 23.7 Å². The van der Waals surface area contributed by atoms with Crippen LogP contribution in [0.25, 0.3) is 0 Å². The molecular formula is C10H12O. The molecule has 11 heavy (non-hydrogen) atoms. The number of aliphatic hydroxyl groups excluding tert-OH is 1. The fourth-order valence-electron chi connectivity index (χ4n) is 0.995. The summed E-state index contributed by atoms with van der Waals surface area (Å²) in [6.07, 6.45) is 6.57. The quantitative estimate of drug-likeness (QED) is 0.586. The molecule has 0 aromatic rings. The summed E-state index contributed by atoms with van der Waals surface area (Å²) in [6, 6.07) is 0. The standard InChI is InChI=1S/C10H12O/c1-2-3-4-5-6-9-7-10(9)8-11/h2,5-6,9-11H,1,7-8H2/b6-5+/t9-,10-/m1/s1. The van der Waals surface area contributed by atoms with Gasteiger partial charge in [-0.15, -0.1) is 0 Å². The lowest BCUT2D eigenvalue weighted by Gasteiger charge is -1.82. The Bertz CT molecular complexity index is 217. The second-order valence-electron chi connectivity index (χ2n) is 2.69. The molecular weight excluding hydrogens is 136 g/mol. The van der Waals surface area contributed by atoms with E-state index in [1.165, 1.54) is 0 Å². The molecule has 0 unspecified atom stereocenters. The largest absolute Gasteiger partial charge is 0.396 e. The Morgan fingerprint density at radius 2 is 2.36 bits per heavy atom. The molecule has 1 aliphatic carbocycles. The predicted molar refractivity (Wildman–Crippen MR) is 45.8 cm³/mol. The molecule has 0 aromatic heterocycles. The van der Waals surface area contributed by atoms with Gasteiger partial charge in [0.25, 0.3) is 0 Å². The van der Waals surface area contributed by atoms with Gasteiger partial charge >= 0.3 is 0 Å². The van der Waals surface area contributed by atoms with E-state index in [0.29, 0.717) is 18.4 Å². The third-order valence-corrected chi connectivity index (χ3v) is 1.82. The third kappa shape index (κ3) is 2.61. The molecule has 1 aliphatic rings. The zero-order valence-electron chi connectivity index (χ0n) is 6.46. The molecule has 0 heterocycles. The second kappa shape index (κ2) is 4.00. The van der Waals surface area contributed by atoms with Crippen molar-refractivity contribution in [2.45, 2.75) is 6.42 Å². The molecule has 1 fully saturated rings. The van der Waals surface area contributed by atoms with Crippen LogP contribution in [0.1, 0.15) is 6.42 Å². The number of hydrogen-bond acceptors (Lipinski definition) is 1. The summed E-state index contributed by atoms with van der Waals surface area (Å²) in [5, 5.41) is 8.69. The van der Waals surface area contributed by atoms with Crippen LogP contribution in [-0.4, -0.2) is 11.7 Å². The van der Waals surface area contributed by atoms with Crippen LogP contribution in [0.2, 0.25) is 0 Å². The molecule has 1 heteroatoms. The molecule has 1 saturated carbocycles. The minimum atomic E-state index is 0.309. The highest BCUT2D eigenvalue weighted by Crippen LogP contribution is 2.38. The van der Waals surface area contributed by atoms with Crippen LogP contribution >= 0.6 is 0 Å². The molecule has 0 aliphatic heterocycles. The van der Waals surface area contributed by atoms with E-state index in [4.69, 9.17) is 5.11 Å². The van der Waals surface area contributed by atoms with Gasteiger partial charge in [0.2, 0.25) is 0 Å². The zero-order chi connectivity index (χ0) is 8.10. The Morgan fingerprint density at radius 3 is 2.91 bits per heavy atom. The maximum absolute atomic E-state index is 8.69. The molecule has 0 bridgehead atoms. The van der Waals surface area contributed by atoms with Gasteiger partial charge < -0.3 is 5.11 Å². The second-order valence-corrected chi connectivity index (χ2v) is 2.69. The molecule has 0 amide bonds. The van der Waals surface area contributed by atoms with Crippen LogP contribution < -0.4 is 0 Å². The molecule has 1 nitrogen and oxygen atoms in total. The van der Waals surface area contributed by atoms with Crippen molar-refractivity contribution >= 4 is 0 Å². The summed E-state index contributed by atoms with van der Waals surface area (Å²) in [7, 11) is 0. The minimum Gasteiger partial charge on any atom is -0.396 e. The fourth-order valence-corrected chi connectivity index (χ4v) is 0.995. The number of hydrogen-bond donors (Lipinski definition) is 1. The van der Waals surface area contributed by atoms with E-state index in [1.54, 1.807) is 6.08 Å². The SMILES string of the molecule is C=CC#C/C=C/[C@@H]1C[C@@H]1CO. The van der Waals surface area contributed by atoms with Crippen molar-refractivity contribution in [3.05, 3.63) is 24.8 Å². The van der Waals surface area contributed by atoms with E-state index < -0.39 is 0 Å². The molecule has 1 N–H and O–H groups in total. The summed E-state index contributed by atoms with van der Waals surface area (Å²) in [5.41, 5.74) is 0. The van der Waals surface area contributed by atoms with E-state index in [9.17, 15) is 0 Å². The Labute approximate surface area is 67.4 Å². The van der Waals surface area contributed by atoms with Gasteiger partial charge in [0.1, 0.15) is 0 Å². The lowest BCUT2D eigenvalue weighted by Crippen LogP contribution is -1.84. The van der Waals surface area contributed by atoms with Gasteiger partial charge in [-0.05, 0) is 30.4 Å². The van der Waals surface area contributed by atoms with Gasteiger partial charge in [0.05, 0.1) is 0 Å². The topological polar surface area (TPSA) is 20.2 Å². The lowest BCUT2D eigenvalue weighted by molar-refractivity contribution is 0.272. The number of aliphatic hydroxyl groups is 1. The first-order valence-electron chi connectivity index (χ1n) is 3.78. The Balaban J connectivity index is 2.22. The first-order valence-corrected chi connectivity index (χ1v) is 3.78. The zero-order valence-corrected chi connectivity index (χ0v) is 6.46. The van der Waals surface area contributed by atoms with Crippen LogP contribution in [0.5, 0.6) is 0 Å². The van der Waals surface area contributed by atoms with E-state index in [0.717, 1.165) is 6.42 Å². The first-order chi connectivity index (χ1) is 5.38. The average molecular weight is 148 g/mol. The molecule has 2 atom stereocenters. The normalized spacial score (nSPS) is 27.7. The van der Waals surface area contributed by atoms with Gasteiger partial charge in [-0.2, -0.15) is 0 Å². The summed E-state index contributed by atoms with van der Waals surface area (Å²) < 4.78 is 0. The maximum atomic E-state index is 8.69. The molecule has 0 radical (unpaired) electrons. The lowest BCUT2D eigenvalue weighted by atomic mass is 10.3. The molecule has 1 rings (SSSR count). The molecule has 0 saturated heterocycles. The summed E-state index contributed by atoms with van der Waals surface area (Å²) >= 11 is 0. The van der Waals surface area contributed by atoms with E-state index in [1.807, 2.05) is 6.08 Å². The van der Waals surface area contributed by atoms with Crippen molar-refractivity contribution in [3.63, 3.8) is 0 Å². The van der Waals surface area contributed by atoms with Gasteiger partial charge in [0, 0.05) is 6.61 Å². The molecule has 0 spiro atoms. The summed E-state index contributed by atoms with van der Waals surface area (Å²) in [6.45, 7) is 3.79. The van der Waals surface area contributed by atoms with Crippen molar-refractivity contribution in [2.24, 2.45) is 11.8 Å². The van der Waals surface area contributed by atoms with E-state index in [-0.39, 0.29) is 0 Å². The first kappa shape index (κ1) is 8.10. The van der Waals surface area contributed by atoms with Crippen molar-refractivity contribution in [2.75, 3.05) is 6.61 Å². The minimum absolute atomic E-state index is 0.309. The molecule has 58 valence electrons. The van der Waals surface area contributed by atoms with Crippen LogP contribution in [-0.2, 0) is 0 Å². The third-order valence-electron chi connectivity index (χ3n) is 1.82. The van der Waals surface area contributed by atoms with Gasteiger partial charge in [-0.25, -0.2) is 0 Å².